The fourth-order valence-electron chi connectivity index (χ4n) is 2.87. The van der Waals surface area contributed by atoms with Crippen molar-refractivity contribution in [3.8, 4) is 5.75 Å². The third-order valence-corrected chi connectivity index (χ3v) is 5.15. The van der Waals surface area contributed by atoms with Crippen LogP contribution in [0, 0.1) is 5.82 Å². The van der Waals surface area contributed by atoms with Crippen LogP contribution in [0.5, 0.6) is 5.75 Å². The van der Waals surface area contributed by atoms with Gasteiger partial charge in [0.05, 0.1) is 5.69 Å². The molecule has 0 unspecified atom stereocenters. The normalized spacial score (nSPS) is 15.7. The molecule has 2 heterocycles. The van der Waals surface area contributed by atoms with Gasteiger partial charge in [0.2, 0.25) is 0 Å². The highest BCUT2D eigenvalue weighted by Gasteiger charge is 2.30. The van der Waals surface area contributed by atoms with Crippen LogP contribution < -0.4 is 10.1 Å². The van der Waals surface area contributed by atoms with Gasteiger partial charge in [0.25, 0.3) is 5.91 Å². The van der Waals surface area contributed by atoms with Gasteiger partial charge in [0.1, 0.15) is 11.6 Å². The zero-order valence-electron chi connectivity index (χ0n) is 15.1. The van der Waals surface area contributed by atoms with Gasteiger partial charge in [-0.15, -0.1) is 11.3 Å². The summed E-state index contributed by atoms with van der Waals surface area (Å²) in [5.74, 6) is -0.194. The highest BCUT2D eigenvalue weighted by Crippen LogP contribution is 2.23. The zero-order valence-corrected chi connectivity index (χ0v) is 15.9. The summed E-state index contributed by atoms with van der Waals surface area (Å²) >= 11 is 1.42. The molecule has 0 atom stereocenters. The third-order valence-electron chi connectivity index (χ3n) is 4.34. The average molecular weight is 377 g/mol. The molecular weight excluding hydrogens is 353 g/mol. The Morgan fingerprint density at radius 2 is 1.96 bits per heavy atom. The van der Waals surface area contributed by atoms with Gasteiger partial charge in [-0.3, -0.25) is 15.0 Å². The number of hydrogen-bond donors (Lipinski definition) is 1. The van der Waals surface area contributed by atoms with Crippen molar-refractivity contribution in [2.75, 3.05) is 18.4 Å². The minimum Gasteiger partial charge on any atom is -0.478 e. The van der Waals surface area contributed by atoms with Gasteiger partial charge in [-0.1, -0.05) is 6.42 Å². The van der Waals surface area contributed by atoms with Crippen molar-refractivity contribution in [2.24, 2.45) is 0 Å². The zero-order chi connectivity index (χ0) is 18.6. The molecule has 5 nitrogen and oxygen atoms in total. The van der Waals surface area contributed by atoms with Crippen LogP contribution in [-0.2, 0) is 11.3 Å². The van der Waals surface area contributed by atoms with Gasteiger partial charge in [-0.25, -0.2) is 9.37 Å². The number of nitrogens with one attached hydrogen (secondary N) is 1. The van der Waals surface area contributed by atoms with E-state index in [1.165, 1.54) is 54.9 Å². The molecule has 0 radical (unpaired) electrons. The summed E-state index contributed by atoms with van der Waals surface area (Å²) in [6, 6.07) is 5.61. The number of hydrogen-bond acceptors (Lipinski definition) is 5. The predicted octanol–water partition coefficient (Wildman–Crippen LogP) is 4.06. The highest BCUT2D eigenvalue weighted by molar-refractivity contribution is 7.13. The lowest BCUT2D eigenvalue weighted by molar-refractivity contribution is -0.128. The minimum atomic E-state index is -1.10. The molecule has 0 spiro atoms. The molecule has 2 aromatic rings. The van der Waals surface area contributed by atoms with Crippen molar-refractivity contribution >= 4 is 22.4 Å². The number of carbonyl (C=O) groups excluding carboxylic acids is 1. The summed E-state index contributed by atoms with van der Waals surface area (Å²) in [4.78, 5) is 19.5. The number of rotatable bonds is 6. The largest absolute Gasteiger partial charge is 0.478 e. The Hall–Kier alpha value is -1.99. The van der Waals surface area contributed by atoms with Gasteiger partial charge in [0, 0.05) is 11.9 Å². The summed E-state index contributed by atoms with van der Waals surface area (Å²) in [7, 11) is 0. The third kappa shape index (κ3) is 5.02. The Morgan fingerprint density at radius 1 is 1.27 bits per heavy atom. The lowest BCUT2D eigenvalue weighted by atomic mass is 10.1. The van der Waals surface area contributed by atoms with Gasteiger partial charge in [0.15, 0.2) is 10.7 Å². The topological polar surface area (TPSA) is 54.5 Å². The van der Waals surface area contributed by atoms with E-state index >= 15 is 0 Å². The molecule has 1 aliphatic rings. The molecule has 1 aromatic heterocycles. The van der Waals surface area contributed by atoms with E-state index in [1.807, 2.05) is 5.38 Å². The standard InChI is InChI=1S/C19H24FN3O2S/c1-19(2,25-16-8-6-14(20)7-9-16)17(24)22-18-21-15(13-26-18)12-23-10-4-3-5-11-23/h6-9,13H,3-5,10-12H2,1-2H3,(H,21,22,24). The molecule has 0 saturated carbocycles. The van der Waals surface area contributed by atoms with Crippen LogP contribution in [0.4, 0.5) is 9.52 Å². The first kappa shape index (κ1) is 18.8. The Bertz CT molecular complexity index is 739. The lowest BCUT2D eigenvalue weighted by Crippen LogP contribution is -2.42. The fourth-order valence-corrected chi connectivity index (χ4v) is 3.57. The van der Waals surface area contributed by atoms with E-state index in [9.17, 15) is 9.18 Å². The lowest BCUT2D eigenvalue weighted by Gasteiger charge is -2.25. The van der Waals surface area contributed by atoms with Crippen molar-refractivity contribution in [3.63, 3.8) is 0 Å². The summed E-state index contributed by atoms with van der Waals surface area (Å²) in [5, 5.41) is 5.37. The summed E-state index contributed by atoms with van der Waals surface area (Å²) in [5.41, 5.74) is -0.124. The molecule has 3 rings (SSSR count). The van der Waals surface area contributed by atoms with Gasteiger partial charge >= 0.3 is 0 Å². The number of piperidine rings is 1. The Balaban J connectivity index is 1.57. The van der Waals surface area contributed by atoms with E-state index < -0.39 is 5.60 Å². The van der Waals surface area contributed by atoms with Crippen molar-refractivity contribution in [1.29, 1.82) is 0 Å². The van der Waals surface area contributed by atoms with Crippen molar-refractivity contribution in [2.45, 2.75) is 45.3 Å². The van der Waals surface area contributed by atoms with Gasteiger partial charge < -0.3 is 4.74 Å². The number of likely N-dealkylation sites (tertiary alicyclic amines) is 1. The average Bonchev–Trinajstić information content (AvgIpc) is 3.04. The highest BCUT2D eigenvalue weighted by atomic mass is 32.1. The van der Waals surface area contributed by atoms with Crippen LogP contribution in [0.1, 0.15) is 38.8 Å². The number of ether oxygens (including phenoxy) is 1. The number of benzene rings is 1. The molecule has 0 bridgehead atoms. The Morgan fingerprint density at radius 3 is 2.65 bits per heavy atom. The molecule has 140 valence electrons. The maximum Gasteiger partial charge on any atom is 0.269 e. The number of carbonyl (C=O) groups is 1. The quantitative estimate of drug-likeness (QED) is 0.825. The second-order valence-electron chi connectivity index (χ2n) is 7.00. The Kier molecular flexibility index (Phi) is 5.88. The van der Waals surface area contributed by atoms with E-state index in [0.717, 1.165) is 25.3 Å². The molecule has 1 N–H and O–H groups in total. The number of aromatic nitrogens is 1. The van der Waals surface area contributed by atoms with Crippen LogP contribution in [0.15, 0.2) is 29.6 Å². The smallest absolute Gasteiger partial charge is 0.269 e. The number of nitrogens with zero attached hydrogens (tertiary/aromatic N) is 2. The van der Waals surface area contributed by atoms with Gasteiger partial charge in [-0.05, 0) is 64.0 Å². The second kappa shape index (κ2) is 8.14. The number of anilines is 1. The molecule has 1 saturated heterocycles. The number of halogens is 1. The maximum absolute atomic E-state index is 13.0. The maximum atomic E-state index is 13.0. The van der Waals surface area contributed by atoms with E-state index in [-0.39, 0.29) is 11.7 Å². The van der Waals surface area contributed by atoms with E-state index in [0.29, 0.717) is 10.9 Å². The number of amides is 1. The van der Waals surface area contributed by atoms with Crippen LogP contribution in [0.2, 0.25) is 0 Å². The van der Waals surface area contributed by atoms with Crippen LogP contribution in [0.25, 0.3) is 0 Å². The predicted molar refractivity (Wildman–Crippen MR) is 101 cm³/mol. The van der Waals surface area contributed by atoms with Crippen LogP contribution in [-0.4, -0.2) is 34.5 Å². The molecular formula is C19H24FN3O2S. The van der Waals surface area contributed by atoms with Crippen LogP contribution >= 0.6 is 11.3 Å². The molecule has 1 amide bonds. The first-order chi connectivity index (χ1) is 12.4. The molecule has 7 heteroatoms. The molecule has 0 aliphatic carbocycles. The summed E-state index contributed by atoms with van der Waals surface area (Å²) in [6.07, 6.45) is 3.78. The summed E-state index contributed by atoms with van der Waals surface area (Å²) < 4.78 is 18.7. The van der Waals surface area contributed by atoms with Crippen molar-refractivity contribution < 1.29 is 13.9 Å². The monoisotopic (exact) mass is 377 g/mol. The van der Waals surface area contributed by atoms with Crippen molar-refractivity contribution in [3.05, 3.63) is 41.2 Å². The molecule has 26 heavy (non-hydrogen) atoms. The first-order valence-corrected chi connectivity index (χ1v) is 9.73. The molecule has 1 aromatic carbocycles. The Labute approximate surface area is 157 Å². The van der Waals surface area contributed by atoms with E-state index in [2.05, 4.69) is 15.2 Å². The van der Waals surface area contributed by atoms with E-state index in [1.54, 1.807) is 13.8 Å². The van der Waals surface area contributed by atoms with Crippen molar-refractivity contribution in [1.82, 2.24) is 9.88 Å². The second-order valence-corrected chi connectivity index (χ2v) is 7.86. The van der Waals surface area contributed by atoms with E-state index in [4.69, 9.17) is 4.74 Å². The molecule has 1 aliphatic heterocycles. The van der Waals surface area contributed by atoms with Gasteiger partial charge in [-0.2, -0.15) is 0 Å². The van der Waals surface area contributed by atoms with Crippen LogP contribution in [0.3, 0.4) is 0 Å². The summed E-state index contributed by atoms with van der Waals surface area (Å²) in [6.45, 7) is 6.39. The SMILES string of the molecule is CC(C)(Oc1ccc(F)cc1)C(=O)Nc1nc(CN2CCCCC2)cs1. The minimum absolute atomic E-state index is 0.291. The first-order valence-electron chi connectivity index (χ1n) is 8.85. The molecule has 1 fully saturated rings. The number of thiazole rings is 1. The fraction of sp³-hybridized carbons (Fsp3) is 0.474.